The normalized spacial score (nSPS) is 17.6. The molecule has 1 aliphatic rings. The highest BCUT2D eigenvalue weighted by atomic mass is 16.5. The number of nitrogens with zero attached hydrogens (tertiary/aromatic N) is 4. The molecular formula is C15H20N4O2. The van der Waals surface area contributed by atoms with Crippen LogP contribution in [-0.4, -0.2) is 39.1 Å². The van der Waals surface area contributed by atoms with Gasteiger partial charge >= 0.3 is 0 Å². The maximum Gasteiger partial charge on any atom is 0.259 e. The van der Waals surface area contributed by atoms with Crippen molar-refractivity contribution in [2.45, 2.75) is 33.2 Å². The molecule has 1 amide bonds. The highest BCUT2D eigenvalue weighted by Crippen LogP contribution is 2.21. The number of hydrogen-bond acceptors (Lipinski definition) is 4. The third kappa shape index (κ3) is 2.57. The van der Waals surface area contributed by atoms with Gasteiger partial charge in [-0.1, -0.05) is 5.16 Å². The van der Waals surface area contributed by atoms with E-state index in [1.807, 2.05) is 19.4 Å². The van der Waals surface area contributed by atoms with Crippen LogP contribution in [0, 0.1) is 19.8 Å². The van der Waals surface area contributed by atoms with Crippen LogP contribution in [0.1, 0.15) is 34.1 Å². The quantitative estimate of drug-likeness (QED) is 0.864. The van der Waals surface area contributed by atoms with Gasteiger partial charge in [-0.15, -0.1) is 0 Å². The van der Waals surface area contributed by atoms with Gasteiger partial charge in [-0.2, -0.15) is 0 Å². The fourth-order valence-electron chi connectivity index (χ4n) is 3.02. The maximum absolute atomic E-state index is 12.5. The molecule has 0 N–H and O–H groups in total. The second-order valence-corrected chi connectivity index (χ2v) is 5.78. The van der Waals surface area contributed by atoms with E-state index in [0.29, 0.717) is 22.9 Å². The lowest BCUT2D eigenvalue weighted by Crippen LogP contribution is -2.35. The number of fused-ring (bicyclic) bond motifs is 1. The van der Waals surface area contributed by atoms with Gasteiger partial charge in [0.25, 0.3) is 5.91 Å². The predicted molar refractivity (Wildman–Crippen MR) is 77.0 cm³/mol. The Labute approximate surface area is 123 Å². The summed E-state index contributed by atoms with van der Waals surface area (Å²) in [5.74, 6) is 2.14. The highest BCUT2D eigenvalue weighted by Gasteiger charge is 2.25. The van der Waals surface area contributed by atoms with Crippen molar-refractivity contribution in [3.05, 3.63) is 35.2 Å². The molecule has 6 nitrogen and oxygen atoms in total. The van der Waals surface area contributed by atoms with Crippen LogP contribution >= 0.6 is 0 Å². The van der Waals surface area contributed by atoms with E-state index in [0.717, 1.165) is 31.8 Å². The summed E-state index contributed by atoms with van der Waals surface area (Å²) >= 11 is 0. The van der Waals surface area contributed by atoms with Crippen molar-refractivity contribution >= 4 is 5.91 Å². The molecule has 0 aliphatic carbocycles. The van der Waals surface area contributed by atoms with E-state index in [1.54, 1.807) is 18.7 Å². The summed E-state index contributed by atoms with van der Waals surface area (Å²) in [4.78, 5) is 18.7. The van der Waals surface area contributed by atoms with Gasteiger partial charge in [-0.25, -0.2) is 4.98 Å². The summed E-state index contributed by atoms with van der Waals surface area (Å²) in [6.07, 6.45) is 5.86. The molecule has 0 aromatic carbocycles. The van der Waals surface area contributed by atoms with Gasteiger partial charge in [0.15, 0.2) is 0 Å². The number of imidazole rings is 1. The van der Waals surface area contributed by atoms with Crippen molar-refractivity contribution in [3.63, 3.8) is 0 Å². The van der Waals surface area contributed by atoms with Crippen LogP contribution in [0.5, 0.6) is 0 Å². The minimum atomic E-state index is -0.0137. The molecule has 3 heterocycles. The minimum absolute atomic E-state index is 0.0137. The minimum Gasteiger partial charge on any atom is -0.361 e. The zero-order valence-electron chi connectivity index (χ0n) is 12.7. The van der Waals surface area contributed by atoms with E-state index >= 15 is 0 Å². The smallest absolute Gasteiger partial charge is 0.259 e. The Kier molecular flexibility index (Phi) is 3.53. The average Bonchev–Trinajstić information content (AvgIpc) is 3.04. The first-order valence-electron chi connectivity index (χ1n) is 7.24. The zero-order chi connectivity index (χ0) is 15.0. The predicted octanol–water partition coefficient (Wildman–Crippen LogP) is 1.82. The summed E-state index contributed by atoms with van der Waals surface area (Å²) in [5, 5.41) is 3.85. The maximum atomic E-state index is 12.5. The molecule has 0 unspecified atom stereocenters. The Bertz CT molecular complexity index is 639. The Balaban J connectivity index is 1.67. The standard InChI is InChI=1S/C15H20N4O2/c1-10-14(11(2)21-17-10)15(20)18(3)9-12-4-6-19-7-5-16-13(19)8-12/h5,7,12H,4,6,8-9H2,1-3H3/t12-/m0/s1. The van der Waals surface area contributed by atoms with E-state index < -0.39 is 0 Å². The van der Waals surface area contributed by atoms with Crippen LogP contribution in [0.25, 0.3) is 0 Å². The number of aryl methyl sites for hydroxylation is 3. The Morgan fingerprint density at radius 3 is 3.05 bits per heavy atom. The lowest BCUT2D eigenvalue weighted by Gasteiger charge is -2.27. The molecule has 3 rings (SSSR count). The van der Waals surface area contributed by atoms with Gasteiger partial charge in [0.2, 0.25) is 0 Å². The van der Waals surface area contributed by atoms with E-state index in [-0.39, 0.29) is 5.91 Å². The first kappa shape index (κ1) is 13.9. The van der Waals surface area contributed by atoms with Gasteiger partial charge in [-0.05, 0) is 26.2 Å². The molecule has 1 aliphatic heterocycles. The van der Waals surface area contributed by atoms with Crippen molar-refractivity contribution < 1.29 is 9.32 Å². The van der Waals surface area contributed by atoms with Crippen LogP contribution < -0.4 is 0 Å². The lowest BCUT2D eigenvalue weighted by atomic mass is 9.97. The van der Waals surface area contributed by atoms with Crippen molar-refractivity contribution in [2.24, 2.45) is 5.92 Å². The van der Waals surface area contributed by atoms with Gasteiger partial charge in [-0.3, -0.25) is 4.79 Å². The lowest BCUT2D eigenvalue weighted by molar-refractivity contribution is 0.0761. The molecular weight excluding hydrogens is 268 g/mol. The van der Waals surface area contributed by atoms with Gasteiger partial charge in [0, 0.05) is 39.0 Å². The number of carbonyl (C=O) groups is 1. The molecule has 2 aromatic rings. The first-order valence-corrected chi connectivity index (χ1v) is 7.24. The highest BCUT2D eigenvalue weighted by molar-refractivity contribution is 5.95. The first-order chi connectivity index (χ1) is 10.1. The Hall–Kier alpha value is -2.11. The molecule has 0 fully saturated rings. The van der Waals surface area contributed by atoms with Crippen LogP contribution in [0.15, 0.2) is 16.9 Å². The largest absolute Gasteiger partial charge is 0.361 e. The average molecular weight is 288 g/mol. The van der Waals surface area contributed by atoms with E-state index in [4.69, 9.17) is 4.52 Å². The number of hydrogen-bond donors (Lipinski definition) is 0. The molecule has 0 saturated carbocycles. The summed E-state index contributed by atoms with van der Waals surface area (Å²) in [7, 11) is 1.84. The van der Waals surface area contributed by atoms with E-state index in [2.05, 4.69) is 14.7 Å². The molecule has 0 spiro atoms. The molecule has 0 saturated heterocycles. The summed E-state index contributed by atoms with van der Waals surface area (Å²) in [5.41, 5.74) is 1.25. The third-order valence-electron chi connectivity index (χ3n) is 4.18. The van der Waals surface area contributed by atoms with Crippen molar-refractivity contribution in [3.8, 4) is 0 Å². The molecule has 112 valence electrons. The topological polar surface area (TPSA) is 64.2 Å². The van der Waals surface area contributed by atoms with Crippen LogP contribution in [0.2, 0.25) is 0 Å². The number of aromatic nitrogens is 3. The number of amides is 1. The molecule has 6 heteroatoms. The fourth-order valence-corrected chi connectivity index (χ4v) is 3.02. The van der Waals surface area contributed by atoms with Crippen molar-refractivity contribution in [1.29, 1.82) is 0 Å². The summed E-state index contributed by atoms with van der Waals surface area (Å²) < 4.78 is 7.27. The van der Waals surface area contributed by atoms with Crippen LogP contribution in [-0.2, 0) is 13.0 Å². The number of carbonyl (C=O) groups excluding carboxylic acids is 1. The molecule has 21 heavy (non-hydrogen) atoms. The Morgan fingerprint density at radius 2 is 2.33 bits per heavy atom. The Morgan fingerprint density at radius 1 is 1.52 bits per heavy atom. The summed E-state index contributed by atoms with van der Waals surface area (Å²) in [6, 6.07) is 0. The molecule has 2 aromatic heterocycles. The van der Waals surface area contributed by atoms with Crippen LogP contribution in [0.3, 0.4) is 0 Å². The van der Waals surface area contributed by atoms with Gasteiger partial charge < -0.3 is 14.0 Å². The molecule has 1 atom stereocenters. The second kappa shape index (κ2) is 5.35. The van der Waals surface area contributed by atoms with Gasteiger partial charge in [0.05, 0.1) is 5.69 Å². The van der Waals surface area contributed by atoms with Crippen LogP contribution in [0.4, 0.5) is 0 Å². The monoisotopic (exact) mass is 288 g/mol. The molecule has 0 radical (unpaired) electrons. The van der Waals surface area contributed by atoms with Crippen molar-refractivity contribution in [2.75, 3.05) is 13.6 Å². The number of rotatable bonds is 3. The fraction of sp³-hybridized carbons (Fsp3) is 0.533. The summed E-state index contributed by atoms with van der Waals surface area (Å²) in [6.45, 7) is 5.29. The van der Waals surface area contributed by atoms with E-state index in [9.17, 15) is 4.79 Å². The SMILES string of the molecule is Cc1noc(C)c1C(=O)N(C)C[C@H]1CCn2ccnc2C1. The van der Waals surface area contributed by atoms with Gasteiger partial charge in [0.1, 0.15) is 17.1 Å². The molecule has 0 bridgehead atoms. The van der Waals surface area contributed by atoms with Crippen molar-refractivity contribution in [1.82, 2.24) is 19.6 Å². The second-order valence-electron chi connectivity index (χ2n) is 5.78. The third-order valence-corrected chi connectivity index (χ3v) is 4.18. The zero-order valence-corrected chi connectivity index (χ0v) is 12.7. The van der Waals surface area contributed by atoms with E-state index in [1.165, 1.54) is 0 Å².